The third-order valence-electron chi connectivity index (χ3n) is 2.50. The lowest BCUT2D eigenvalue weighted by Crippen LogP contribution is -2.36. The number of carbonyl (C=O) groups is 1. The van der Waals surface area contributed by atoms with Crippen LogP contribution in [0.4, 0.5) is 10.1 Å². The van der Waals surface area contributed by atoms with Crippen LogP contribution < -0.4 is 4.90 Å². The molecule has 1 aromatic carbocycles. The number of fused-ring (bicyclic) bond motifs is 1. The van der Waals surface area contributed by atoms with Crippen molar-refractivity contribution in [2.75, 3.05) is 11.4 Å². The van der Waals surface area contributed by atoms with Gasteiger partial charge in [-0.1, -0.05) is 18.1 Å². The topological polar surface area (TPSA) is 20.3 Å². The first kappa shape index (κ1) is 9.72. The molecule has 0 radical (unpaired) electrons. The van der Waals surface area contributed by atoms with Gasteiger partial charge in [0.2, 0.25) is 5.91 Å². The van der Waals surface area contributed by atoms with Gasteiger partial charge < -0.3 is 0 Å². The normalized spacial score (nSPS) is 14.7. The molecule has 0 bridgehead atoms. The lowest BCUT2D eigenvalue weighted by atomic mass is 10.0. The number of aryl methyl sites for hydroxylation is 1. The minimum Gasteiger partial charge on any atom is -0.298 e. The lowest BCUT2D eigenvalue weighted by Gasteiger charge is -2.27. The van der Waals surface area contributed by atoms with E-state index in [2.05, 4.69) is 5.92 Å². The van der Waals surface area contributed by atoms with E-state index in [9.17, 15) is 9.18 Å². The number of hydrogen-bond donors (Lipinski definition) is 0. The first-order valence-electron chi connectivity index (χ1n) is 4.75. The van der Waals surface area contributed by atoms with E-state index in [1.54, 1.807) is 6.07 Å². The van der Waals surface area contributed by atoms with Crippen molar-refractivity contribution in [3.05, 3.63) is 29.6 Å². The van der Waals surface area contributed by atoms with E-state index in [-0.39, 0.29) is 18.3 Å². The third-order valence-corrected chi connectivity index (χ3v) is 2.50. The van der Waals surface area contributed by atoms with Gasteiger partial charge in [0.15, 0.2) is 0 Å². The van der Waals surface area contributed by atoms with E-state index < -0.39 is 0 Å². The number of halogens is 1. The number of para-hydroxylation sites is 1. The van der Waals surface area contributed by atoms with Crippen LogP contribution in [0.15, 0.2) is 18.2 Å². The minimum absolute atomic E-state index is 0.106. The Morgan fingerprint density at radius 3 is 3.00 bits per heavy atom. The summed E-state index contributed by atoms with van der Waals surface area (Å²) < 4.78 is 13.6. The van der Waals surface area contributed by atoms with Gasteiger partial charge in [-0.2, -0.15) is 0 Å². The Morgan fingerprint density at radius 1 is 1.47 bits per heavy atom. The number of rotatable bonds is 1. The summed E-state index contributed by atoms with van der Waals surface area (Å²) in [6.07, 6.45) is 6.15. The summed E-state index contributed by atoms with van der Waals surface area (Å²) in [7, 11) is 0. The van der Waals surface area contributed by atoms with Crippen LogP contribution in [0, 0.1) is 18.2 Å². The van der Waals surface area contributed by atoms with Crippen molar-refractivity contribution in [2.45, 2.75) is 12.8 Å². The molecule has 1 heterocycles. The van der Waals surface area contributed by atoms with Crippen molar-refractivity contribution in [2.24, 2.45) is 0 Å². The van der Waals surface area contributed by atoms with Gasteiger partial charge in [-0.3, -0.25) is 9.69 Å². The molecule has 0 saturated carbocycles. The zero-order valence-corrected chi connectivity index (χ0v) is 8.16. The standard InChI is InChI=1S/C12H10FNO/c1-2-8-14-11(15)7-6-9-4-3-5-10(13)12(9)14/h1,3-5H,6-8H2. The van der Waals surface area contributed by atoms with Gasteiger partial charge in [-0.05, 0) is 18.1 Å². The molecule has 15 heavy (non-hydrogen) atoms. The quantitative estimate of drug-likeness (QED) is 0.636. The first-order valence-corrected chi connectivity index (χ1v) is 4.75. The Hall–Kier alpha value is -1.82. The average Bonchev–Trinajstić information content (AvgIpc) is 2.23. The average molecular weight is 203 g/mol. The maximum absolute atomic E-state index is 13.6. The summed E-state index contributed by atoms with van der Waals surface area (Å²) in [6.45, 7) is 0.132. The number of anilines is 1. The Labute approximate surface area is 87.7 Å². The molecule has 1 amide bonds. The largest absolute Gasteiger partial charge is 0.298 e. The molecule has 0 fully saturated rings. The SMILES string of the molecule is C#CCN1C(=O)CCc2cccc(F)c21. The molecule has 0 unspecified atom stereocenters. The van der Waals surface area contributed by atoms with Crippen molar-refractivity contribution in [1.29, 1.82) is 0 Å². The highest BCUT2D eigenvalue weighted by Gasteiger charge is 2.25. The van der Waals surface area contributed by atoms with Crippen molar-refractivity contribution in [3.8, 4) is 12.3 Å². The van der Waals surface area contributed by atoms with Crippen LogP contribution >= 0.6 is 0 Å². The second-order valence-electron chi connectivity index (χ2n) is 3.43. The van der Waals surface area contributed by atoms with Crippen LogP contribution in [0.1, 0.15) is 12.0 Å². The highest BCUT2D eigenvalue weighted by molar-refractivity contribution is 5.96. The number of amides is 1. The van der Waals surface area contributed by atoms with Crippen LogP contribution in [0.3, 0.4) is 0 Å². The molecule has 76 valence electrons. The number of carbonyl (C=O) groups excluding carboxylic acids is 1. The zero-order valence-electron chi connectivity index (χ0n) is 8.16. The molecule has 0 atom stereocenters. The fourth-order valence-electron chi connectivity index (χ4n) is 1.82. The molecule has 1 aliphatic heterocycles. The monoisotopic (exact) mass is 203 g/mol. The fraction of sp³-hybridized carbons (Fsp3) is 0.250. The second kappa shape index (κ2) is 3.74. The lowest BCUT2D eigenvalue weighted by molar-refractivity contribution is -0.118. The summed E-state index contributed by atoms with van der Waals surface area (Å²) >= 11 is 0. The van der Waals surface area contributed by atoms with Crippen LogP contribution in [0.5, 0.6) is 0 Å². The zero-order chi connectivity index (χ0) is 10.8. The van der Waals surface area contributed by atoms with E-state index in [0.717, 1.165) is 5.56 Å². The first-order chi connectivity index (χ1) is 7.24. The maximum atomic E-state index is 13.6. The summed E-state index contributed by atoms with van der Waals surface area (Å²) in [6, 6.07) is 4.83. The summed E-state index contributed by atoms with van der Waals surface area (Å²) in [5.74, 6) is 1.89. The van der Waals surface area contributed by atoms with Crippen molar-refractivity contribution >= 4 is 11.6 Å². The predicted octanol–water partition coefficient (Wildman–Crippen LogP) is 1.74. The van der Waals surface area contributed by atoms with Crippen LogP contribution in [-0.4, -0.2) is 12.5 Å². The smallest absolute Gasteiger partial charge is 0.228 e. The molecule has 1 aromatic rings. The van der Waals surface area contributed by atoms with Gasteiger partial charge in [0.05, 0.1) is 12.2 Å². The van der Waals surface area contributed by atoms with E-state index in [0.29, 0.717) is 18.5 Å². The Kier molecular flexibility index (Phi) is 2.42. The number of hydrogen-bond acceptors (Lipinski definition) is 1. The minimum atomic E-state index is -0.379. The van der Waals surface area contributed by atoms with Gasteiger partial charge in [0.25, 0.3) is 0 Å². The molecule has 3 heteroatoms. The molecule has 0 N–H and O–H groups in total. The van der Waals surface area contributed by atoms with Gasteiger partial charge >= 0.3 is 0 Å². The second-order valence-corrected chi connectivity index (χ2v) is 3.43. The molecular formula is C12H10FNO. The molecule has 0 spiro atoms. The van der Waals surface area contributed by atoms with Gasteiger partial charge in [0.1, 0.15) is 5.82 Å². The highest BCUT2D eigenvalue weighted by atomic mass is 19.1. The Balaban J connectivity index is 2.51. The molecule has 0 saturated heterocycles. The van der Waals surface area contributed by atoms with Crippen LogP contribution in [0.25, 0.3) is 0 Å². The molecule has 2 nitrogen and oxygen atoms in total. The van der Waals surface area contributed by atoms with E-state index >= 15 is 0 Å². The number of terminal acetylenes is 1. The van der Waals surface area contributed by atoms with Crippen molar-refractivity contribution in [1.82, 2.24) is 0 Å². The maximum Gasteiger partial charge on any atom is 0.228 e. The predicted molar refractivity (Wildman–Crippen MR) is 55.9 cm³/mol. The van der Waals surface area contributed by atoms with Crippen LogP contribution in [0.2, 0.25) is 0 Å². The van der Waals surface area contributed by atoms with Crippen molar-refractivity contribution < 1.29 is 9.18 Å². The third kappa shape index (κ3) is 1.59. The van der Waals surface area contributed by atoms with E-state index in [1.165, 1.54) is 11.0 Å². The van der Waals surface area contributed by atoms with Gasteiger partial charge in [-0.15, -0.1) is 6.42 Å². The number of benzene rings is 1. The highest BCUT2D eigenvalue weighted by Crippen LogP contribution is 2.29. The Bertz CT molecular complexity index is 447. The van der Waals surface area contributed by atoms with E-state index in [1.807, 2.05) is 6.07 Å². The Morgan fingerprint density at radius 2 is 2.27 bits per heavy atom. The van der Waals surface area contributed by atoms with Crippen molar-refractivity contribution in [3.63, 3.8) is 0 Å². The molecule has 1 aliphatic rings. The number of nitrogens with zero attached hydrogens (tertiary/aromatic N) is 1. The van der Waals surface area contributed by atoms with Gasteiger partial charge in [-0.25, -0.2) is 4.39 Å². The summed E-state index contributed by atoms with van der Waals surface area (Å²) in [5.41, 5.74) is 1.21. The van der Waals surface area contributed by atoms with Crippen LogP contribution in [-0.2, 0) is 11.2 Å². The van der Waals surface area contributed by atoms with E-state index in [4.69, 9.17) is 6.42 Å². The summed E-state index contributed by atoms with van der Waals surface area (Å²) in [4.78, 5) is 12.9. The molecule has 2 rings (SSSR count). The summed E-state index contributed by atoms with van der Waals surface area (Å²) in [5, 5.41) is 0. The molecular weight excluding hydrogens is 193 g/mol. The fourth-order valence-corrected chi connectivity index (χ4v) is 1.82. The molecule has 0 aromatic heterocycles. The molecule has 0 aliphatic carbocycles. The van der Waals surface area contributed by atoms with Gasteiger partial charge in [0, 0.05) is 6.42 Å².